The van der Waals surface area contributed by atoms with Gasteiger partial charge in [0.25, 0.3) is 0 Å². The number of hydrogen-bond acceptors (Lipinski definition) is 6. The second-order valence-electron chi connectivity index (χ2n) is 6.90. The summed E-state index contributed by atoms with van der Waals surface area (Å²) in [5.74, 6) is 1.31. The maximum Gasteiger partial charge on any atom is 0.243 e. The molecule has 4 rings (SSSR count). The Balaban J connectivity index is 1.48. The number of fused-ring (bicyclic) bond motifs is 1. The molecule has 7 nitrogen and oxygen atoms in total. The number of aryl methyl sites for hydroxylation is 1. The Labute approximate surface area is 164 Å². The molecule has 0 radical (unpaired) electrons. The molecule has 0 amide bonds. The van der Waals surface area contributed by atoms with Crippen molar-refractivity contribution in [1.29, 1.82) is 5.26 Å². The van der Waals surface area contributed by atoms with Crippen LogP contribution in [-0.4, -0.2) is 50.6 Å². The number of rotatable bonds is 4. The van der Waals surface area contributed by atoms with Gasteiger partial charge in [0.1, 0.15) is 6.04 Å². The summed E-state index contributed by atoms with van der Waals surface area (Å²) < 4.78 is 38.0. The summed E-state index contributed by atoms with van der Waals surface area (Å²) >= 11 is 0. The lowest BCUT2D eigenvalue weighted by molar-refractivity contribution is 0.162. The first-order chi connectivity index (χ1) is 13.5. The number of sulfonamides is 1. The molecule has 0 bridgehead atoms. The minimum atomic E-state index is -3.53. The Hall–Kier alpha value is -2.60. The van der Waals surface area contributed by atoms with Gasteiger partial charge in [-0.2, -0.15) is 9.57 Å². The minimum Gasteiger partial charge on any atom is -0.454 e. The fourth-order valence-electron chi connectivity index (χ4n) is 3.58. The van der Waals surface area contributed by atoms with E-state index in [0.29, 0.717) is 42.6 Å². The number of piperazine rings is 1. The summed E-state index contributed by atoms with van der Waals surface area (Å²) in [6.07, 6.45) is 0. The summed E-state index contributed by atoms with van der Waals surface area (Å²) in [5.41, 5.74) is 1.73. The van der Waals surface area contributed by atoms with E-state index < -0.39 is 16.1 Å². The van der Waals surface area contributed by atoms with Gasteiger partial charge in [0.2, 0.25) is 16.8 Å². The molecule has 0 saturated carbocycles. The second kappa shape index (κ2) is 7.43. The van der Waals surface area contributed by atoms with Gasteiger partial charge in [-0.3, -0.25) is 4.90 Å². The molecule has 2 aliphatic heterocycles. The molecule has 2 heterocycles. The van der Waals surface area contributed by atoms with Crippen LogP contribution in [0.3, 0.4) is 0 Å². The lowest BCUT2D eigenvalue weighted by atomic mass is 10.1. The Kier molecular flexibility index (Phi) is 4.98. The van der Waals surface area contributed by atoms with Crippen molar-refractivity contribution in [2.75, 3.05) is 33.0 Å². The van der Waals surface area contributed by atoms with Crippen LogP contribution in [-0.2, 0) is 10.0 Å². The summed E-state index contributed by atoms with van der Waals surface area (Å²) in [6, 6.07) is 14.3. The Bertz CT molecular complexity index is 1020. The first-order valence-corrected chi connectivity index (χ1v) is 10.5. The monoisotopic (exact) mass is 399 g/mol. The van der Waals surface area contributed by atoms with Gasteiger partial charge in [-0.25, -0.2) is 8.42 Å². The Morgan fingerprint density at radius 2 is 1.79 bits per heavy atom. The maximum absolute atomic E-state index is 12.9. The SMILES string of the molecule is Cc1cccc(S(=O)(=O)N2CCN(C(C#N)c3ccc4c(c3)OCO4)CC2)c1. The highest BCUT2D eigenvalue weighted by molar-refractivity contribution is 7.89. The van der Waals surface area contributed by atoms with E-state index in [0.717, 1.165) is 11.1 Å². The maximum atomic E-state index is 12.9. The predicted molar refractivity (Wildman–Crippen MR) is 102 cm³/mol. The molecule has 1 fully saturated rings. The van der Waals surface area contributed by atoms with E-state index in [1.165, 1.54) is 4.31 Å². The van der Waals surface area contributed by atoms with Crippen molar-refractivity contribution in [2.45, 2.75) is 17.9 Å². The first-order valence-electron chi connectivity index (χ1n) is 9.09. The highest BCUT2D eigenvalue weighted by atomic mass is 32.2. The van der Waals surface area contributed by atoms with Gasteiger partial charge in [0.05, 0.1) is 11.0 Å². The van der Waals surface area contributed by atoms with Crippen LogP contribution in [0.4, 0.5) is 0 Å². The van der Waals surface area contributed by atoms with E-state index in [1.807, 2.05) is 30.0 Å². The van der Waals surface area contributed by atoms with Gasteiger partial charge < -0.3 is 9.47 Å². The van der Waals surface area contributed by atoms with Crippen molar-refractivity contribution in [3.8, 4) is 17.6 Å². The Morgan fingerprint density at radius 3 is 2.50 bits per heavy atom. The van der Waals surface area contributed by atoms with Crippen LogP contribution >= 0.6 is 0 Å². The third kappa shape index (κ3) is 3.44. The molecule has 0 spiro atoms. The number of hydrogen-bond donors (Lipinski definition) is 0. The lowest BCUT2D eigenvalue weighted by Crippen LogP contribution is -2.49. The van der Waals surface area contributed by atoms with Gasteiger partial charge in [-0.1, -0.05) is 18.2 Å². The van der Waals surface area contributed by atoms with Gasteiger partial charge in [0.15, 0.2) is 11.5 Å². The fraction of sp³-hybridized carbons (Fsp3) is 0.350. The van der Waals surface area contributed by atoms with Crippen molar-refractivity contribution in [1.82, 2.24) is 9.21 Å². The molecule has 28 heavy (non-hydrogen) atoms. The van der Waals surface area contributed by atoms with Gasteiger partial charge in [-0.05, 0) is 42.3 Å². The molecule has 1 atom stereocenters. The molecule has 0 aliphatic carbocycles. The van der Waals surface area contributed by atoms with Crippen LogP contribution in [0, 0.1) is 18.3 Å². The molecular weight excluding hydrogens is 378 g/mol. The van der Waals surface area contributed by atoms with Gasteiger partial charge >= 0.3 is 0 Å². The zero-order valence-corrected chi connectivity index (χ0v) is 16.4. The van der Waals surface area contributed by atoms with Crippen molar-refractivity contribution < 1.29 is 17.9 Å². The molecule has 0 N–H and O–H groups in total. The van der Waals surface area contributed by atoms with E-state index in [4.69, 9.17) is 9.47 Å². The molecule has 0 aromatic heterocycles. The van der Waals surface area contributed by atoms with Gasteiger partial charge in [-0.15, -0.1) is 0 Å². The van der Waals surface area contributed by atoms with Gasteiger partial charge in [0, 0.05) is 26.2 Å². The minimum absolute atomic E-state index is 0.186. The van der Waals surface area contributed by atoms with Crippen molar-refractivity contribution in [2.24, 2.45) is 0 Å². The van der Waals surface area contributed by atoms with Crippen molar-refractivity contribution >= 4 is 10.0 Å². The fourth-order valence-corrected chi connectivity index (χ4v) is 5.10. The average Bonchev–Trinajstić information content (AvgIpc) is 3.17. The average molecular weight is 399 g/mol. The molecule has 2 aromatic rings. The molecule has 2 aromatic carbocycles. The van der Waals surface area contributed by atoms with E-state index in [2.05, 4.69) is 6.07 Å². The number of nitrogens with zero attached hydrogens (tertiary/aromatic N) is 3. The van der Waals surface area contributed by atoms with Crippen LogP contribution in [0.25, 0.3) is 0 Å². The highest BCUT2D eigenvalue weighted by Gasteiger charge is 2.32. The molecule has 8 heteroatoms. The quantitative estimate of drug-likeness (QED) is 0.785. The van der Waals surface area contributed by atoms with Crippen molar-refractivity contribution in [3.63, 3.8) is 0 Å². The zero-order valence-electron chi connectivity index (χ0n) is 15.5. The van der Waals surface area contributed by atoms with Crippen LogP contribution in [0.1, 0.15) is 17.2 Å². The smallest absolute Gasteiger partial charge is 0.243 e. The normalized spacial score (nSPS) is 18.6. The van der Waals surface area contributed by atoms with Crippen molar-refractivity contribution in [3.05, 3.63) is 53.6 Å². The van der Waals surface area contributed by atoms with E-state index in [-0.39, 0.29) is 6.79 Å². The summed E-state index contributed by atoms with van der Waals surface area (Å²) in [7, 11) is -3.53. The van der Waals surface area contributed by atoms with Crippen LogP contribution in [0.2, 0.25) is 0 Å². The van der Waals surface area contributed by atoms with Crippen LogP contribution in [0.5, 0.6) is 11.5 Å². The number of benzene rings is 2. The largest absolute Gasteiger partial charge is 0.454 e. The van der Waals surface area contributed by atoms with Crippen LogP contribution < -0.4 is 9.47 Å². The number of nitriles is 1. The van der Waals surface area contributed by atoms with E-state index in [9.17, 15) is 13.7 Å². The predicted octanol–water partition coefficient (Wildman–Crippen LogP) is 2.29. The lowest BCUT2D eigenvalue weighted by Gasteiger charge is -2.36. The molecule has 1 unspecified atom stereocenters. The van der Waals surface area contributed by atoms with Crippen LogP contribution in [0.15, 0.2) is 47.4 Å². The summed E-state index contributed by atoms with van der Waals surface area (Å²) in [4.78, 5) is 2.31. The standard InChI is InChI=1S/C20H21N3O4S/c1-15-3-2-4-17(11-15)28(24,25)23-9-7-22(8-10-23)18(13-21)16-5-6-19-20(12-16)27-14-26-19/h2-6,11-12,18H,7-10,14H2,1H3. The zero-order chi connectivity index (χ0) is 19.7. The van der Waals surface area contributed by atoms with E-state index >= 15 is 0 Å². The first kappa shape index (κ1) is 18.7. The molecular formula is C20H21N3O4S. The molecule has 146 valence electrons. The molecule has 1 saturated heterocycles. The number of ether oxygens (including phenoxy) is 2. The topological polar surface area (TPSA) is 82.9 Å². The highest BCUT2D eigenvalue weighted by Crippen LogP contribution is 2.35. The molecule has 2 aliphatic rings. The van der Waals surface area contributed by atoms with E-state index in [1.54, 1.807) is 24.3 Å². The summed E-state index contributed by atoms with van der Waals surface area (Å²) in [6.45, 7) is 3.72. The second-order valence-corrected chi connectivity index (χ2v) is 8.84. The third-order valence-electron chi connectivity index (χ3n) is 5.10. The summed E-state index contributed by atoms with van der Waals surface area (Å²) in [5, 5.41) is 9.72. The third-order valence-corrected chi connectivity index (χ3v) is 6.99. The Morgan fingerprint density at radius 1 is 1.04 bits per heavy atom.